The van der Waals surface area contributed by atoms with E-state index < -0.39 is 22.1 Å². The van der Waals surface area contributed by atoms with Gasteiger partial charge in [0.1, 0.15) is 10.6 Å². The van der Waals surface area contributed by atoms with E-state index in [-0.39, 0.29) is 15.6 Å². The number of halogens is 4. The molecule has 23 heavy (non-hydrogen) atoms. The first-order valence-electron chi connectivity index (χ1n) is 6.22. The van der Waals surface area contributed by atoms with Crippen molar-refractivity contribution < 1.29 is 26.3 Å². The molecule has 0 atom stereocenters. The first kappa shape index (κ1) is 17.4. The molecule has 1 N–H and O–H groups in total. The van der Waals surface area contributed by atoms with Crippen LogP contribution in [-0.4, -0.2) is 14.8 Å². The van der Waals surface area contributed by atoms with Crippen LogP contribution in [0, 0.1) is 6.92 Å². The van der Waals surface area contributed by atoms with Crippen molar-refractivity contribution in [1.82, 2.24) is 0 Å². The second-order valence-corrected chi connectivity index (χ2v) is 6.67. The Morgan fingerprint density at radius 1 is 1.09 bits per heavy atom. The van der Waals surface area contributed by atoms with E-state index >= 15 is 0 Å². The first-order chi connectivity index (χ1) is 10.6. The number of hydrogen-bond acceptors (Lipinski definition) is 3. The van der Waals surface area contributed by atoms with Crippen molar-refractivity contribution in [2.24, 2.45) is 0 Å². The van der Waals surface area contributed by atoms with Gasteiger partial charge in [0.25, 0.3) is 10.0 Å². The van der Waals surface area contributed by atoms with E-state index in [9.17, 15) is 21.6 Å². The predicted molar refractivity (Wildman–Crippen MR) is 80.1 cm³/mol. The fourth-order valence-electron chi connectivity index (χ4n) is 1.76. The largest absolute Gasteiger partial charge is 0.573 e. The van der Waals surface area contributed by atoms with E-state index in [2.05, 4.69) is 9.46 Å². The van der Waals surface area contributed by atoms with Gasteiger partial charge in [0.15, 0.2) is 0 Å². The summed E-state index contributed by atoms with van der Waals surface area (Å²) in [6.45, 7) is 1.76. The van der Waals surface area contributed by atoms with E-state index in [4.69, 9.17) is 11.6 Å². The van der Waals surface area contributed by atoms with Gasteiger partial charge in [0.05, 0.1) is 5.02 Å². The van der Waals surface area contributed by atoms with Gasteiger partial charge in [0, 0.05) is 5.69 Å². The fourth-order valence-corrected chi connectivity index (χ4v) is 3.42. The highest BCUT2D eigenvalue weighted by Crippen LogP contribution is 2.27. The lowest BCUT2D eigenvalue weighted by molar-refractivity contribution is -0.274. The van der Waals surface area contributed by atoms with E-state index in [0.29, 0.717) is 0 Å². The molecule has 0 saturated carbocycles. The maximum absolute atomic E-state index is 12.2. The van der Waals surface area contributed by atoms with Gasteiger partial charge in [-0.25, -0.2) is 8.42 Å². The lowest BCUT2D eigenvalue weighted by Crippen LogP contribution is -2.17. The number of anilines is 1. The predicted octanol–water partition coefficient (Wildman–Crippen LogP) is 4.35. The molecule has 0 aliphatic rings. The number of rotatable bonds is 4. The third-order valence-corrected chi connectivity index (χ3v) is 4.58. The fraction of sp³-hybridized carbons (Fsp3) is 0.143. The summed E-state index contributed by atoms with van der Waals surface area (Å²) in [5.41, 5.74) is 0.874. The maximum atomic E-state index is 12.2. The van der Waals surface area contributed by atoms with Gasteiger partial charge in [0.2, 0.25) is 0 Å². The Hall–Kier alpha value is -1.93. The molecular weight excluding hydrogens is 355 g/mol. The number of ether oxygens (including phenoxy) is 1. The number of sulfonamides is 1. The van der Waals surface area contributed by atoms with Crippen LogP contribution in [0.3, 0.4) is 0 Å². The highest BCUT2D eigenvalue weighted by Gasteiger charge is 2.31. The number of benzene rings is 2. The van der Waals surface area contributed by atoms with Gasteiger partial charge in [-0.2, -0.15) is 0 Å². The van der Waals surface area contributed by atoms with Gasteiger partial charge in [-0.15, -0.1) is 13.2 Å². The van der Waals surface area contributed by atoms with Gasteiger partial charge in [-0.05, 0) is 48.9 Å². The monoisotopic (exact) mass is 365 g/mol. The molecular formula is C14H11ClF3NO3S. The summed E-state index contributed by atoms with van der Waals surface area (Å²) >= 11 is 5.91. The van der Waals surface area contributed by atoms with Crippen molar-refractivity contribution >= 4 is 27.3 Å². The standard InChI is InChI=1S/C14H11ClF3NO3S/c1-9-2-7-13(12(15)8-9)23(20,21)19-10-3-5-11(6-4-10)22-14(16,17)18/h2-8,19H,1H3. The van der Waals surface area contributed by atoms with Crippen molar-refractivity contribution in [3.05, 3.63) is 53.1 Å². The van der Waals surface area contributed by atoms with Crippen LogP contribution in [0.15, 0.2) is 47.4 Å². The molecule has 0 radical (unpaired) electrons. The van der Waals surface area contributed by atoms with Crippen molar-refractivity contribution in [1.29, 1.82) is 0 Å². The molecule has 0 aromatic heterocycles. The molecule has 0 bridgehead atoms. The zero-order chi connectivity index (χ0) is 17.3. The molecule has 2 rings (SSSR count). The molecule has 2 aromatic rings. The molecule has 0 amide bonds. The summed E-state index contributed by atoms with van der Waals surface area (Å²) in [5, 5.41) is 0.0505. The molecule has 0 spiro atoms. The minimum atomic E-state index is -4.81. The minimum Gasteiger partial charge on any atom is -0.406 e. The Balaban J connectivity index is 2.21. The number of aryl methyl sites for hydroxylation is 1. The highest BCUT2D eigenvalue weighted by atomic mass is 35.5. The van der Waals surface area contributed by atoms with Crippen molar-refractivity contribution in [2.75, 3.05) is 4.72 Å². The van der Waals surface area contributed by atoms with Crippen LogP contribution in [0.5, 0.6) is 5.75 Å². The first-order valence-corrected chi connectivity index (χ1v) is 8.08. The van der Waals surface area contributed by atoms with Gasteiger partial charge < -0.3 is 4.74 Å². The molecule has 9 heteroatoms. The van der Waals surface area contributed by atoms with Crippen LogP contribution in [0.25, 0.3) is 0 Å². The molecule has 124 valence electrons. The van der Waals surface area contributed by atoms with Gasteiger partial charge >= 0.3 is 6.36 Å². The minimum absolute atomic E-state index is 0.0505. The second-order valence-electron chi connectivity index (χ2n) is 4.61. The van der Waals surface area contributed by atoms with E-state index in [0.717, 1.165) is 29.8 Å². The van der Waals surface area contributed by atoms with Crippen molar-refractivity contribution in [3.8, 4) is 5.75 Å². The average molecular weight is 366 g/mol. The van der Waals surface area contributed by atoms with Crippen molar-refractivity contribution in [2.45, 2.75) is 18.2 Å². The molecule has 0 unspecified atom stereocenters. The summed E-state index contributed by atoms with van der Waals surface area (Å²) in [5.74, 6) is -0.450. The quantitative estimate of drug-likeness (QED) is 0.876. The smallest absolute Gasteiger partial charge is 0.406 e. The molecule has 4 nitrogen and oxygen atoms in total. The van der Waals surface area contributed by atoms with Crippen LogP contribution in [0.2, 0.25) is 5.02 Å². The molecule has 0 aliphatic carbocycles. The molecule has 0 saturated heterocycles. The summed E-state index contributed by atoms with van der Waals surface area (Å²) < 4.78 is 66.6. The Kier molecular flexibility index (Phi) is 4.76. The topological polar surface area (TPSA) is 55.4 Å². The van der Waals surface area contributed by atoms with E-state index in [1.54, 1.807) is 13.0 Å². The van der Waals surface area contributed by atoms with Gasteiger partial charge in [-0.1, -0.05) is 17.7 Å². The molecule has 0 fully saturated rings. The Morgan fingerprint density at radius 2 is 1.70 bits per heavy atom. The third-order valence-electron chi connectivity index (χ3n) is 2.72. The summed E-state index contributed by atoms with van der Waals surface area (Å²) in [6, 6.07) is 8.74. The number of hydrogen-bond donors (Lipinski definition) is 1. The zero-order valence-corrected chi connectivity index (χ0v) is 13.3. The normalized spacial score (nSPS) is 12.0. The SMILES string of the molecule is Cc1ccc(S(=O)(=O)Nc2ccc(OC(F)(F)F)cc2)c(Cl)c1. The Morgan fingerprint density at radius 3 is 2.22 bits per heavy atom. The zero-order valence-electron chi connectivity index (χ0n) is 11.7. The van der Waals surface area contributed by atoms with Crippen molar-refractivity contribution in [3.63, 3.8) is 0 Å². The van der Waals surface area contributed by atoms with E-state index in [1.807, 2.05) is 0 Å². The highest BCUT2D eigenvalue weighted by molar-refractivity contribution is 7.92. The van der Waals surface area contributed by atoms with Crippen LogP contribution in [0.1, 0.15) is 5.56 Å². The molecule has 0 aliphatic heterocycles. The number of alkyl halides is 3. The number of nitrogens with one attached hydrogen (secondary N) is 1. The summed E-state index contributed by atoms with van der Waals surface area (Å²) in [7, 11) is -3.95. The van der Waals surface area contributed by atoms with Crippen LogP contribution in [-0.2, 0) is 10.0 Å². The van der Waals surface area contributed by atoms with Crippen LogP contribution >= 0.6 is 11.6 Å². The Bertz CT molecular complexity index is 805. The lowest BCUT2D eigenvalue weighted by Gasteiger charge is -2.12. The summed E-state index contributed by atoms with van der Waals surface area (Å²) in [4.78, 5) is -0.125. The maximum Gasteiger partial charge on any atom is 0.573 e. The van der Waals surface area contributed by atoms with E-state index in [1.165, 1.54) is 12.1 Å². The average Bonchev–Trinajstić information content (AvgIpc) is 2.38. The van der Waals surface area contributed by atoms with Crippen LogP contribution in [0.4, 0.5) is 18.9 Å². The Labute approximate surface area is 135 Å². The summed E-state index contributed by atoms with van der Waals surface area (Å²) in [6.07, 6.45) is -4.81. The van der Waals surface area contributed by atoms with Gasteiger partial charge in [-0.3, -0.25) is 4.72 Å². The third kappa shape index (κ3) is 4.77. The second kappa shape index (κ2) is 6.29. The molecule has 0 heterocycles. The lowest BCUT2D eigenvalue weighted by atomic mass is 10.2. The van der Waals surface area contributed by atoms with Crippen LogP contribution < -0.4 is 9.46 Å². The molecule has 2 aromatic carbocycles.